The van der Waals surface area contributed by atoms with E-state index in [1.807, 2.05) is 0 Å². The maximum Gasteiger partial charge on any atom is 0.337 e. The predicted octanol–water partition coefficient (Wildman–Crippen LogP) is 4.19. The van der Waals surface area contributed by atoms with Crippen LogP contribution < -0.4 is 10.6 Å². The lowest BCUT2D eigenvalue weighted by atomic mass is 10.2. The number of rotatable bonds is 8. The molecule has 1 heterocycles. The lowest BCUT2D eigenvalue weighted by Gasteiger charge is -2.11. The molecular weight excluding hydrogens is 354 g/mol. The molecule has 0 atom stereocenters. The number of unbranched alkanes of at least 4 members (excludes halogenated alkanes) is 2. The summed E-state index contributed by atoms with van der Waals surface area (Å²) in [4.78, 5) is 27.9. The molecule has 6 nitrogen and oxygen atoms in total. The predicted molar refractivity (Wildman–Crippen MR) is 102 cm³/mol. The highest BCUT2D eigenvalue weighted by atomic mass is 35.5. The Kier molecular flexibility index (Phi) is 7.41. The summed E-state index contributed by atoms with van der Waals surface area (Å²) in [5, 5.41) is 6.40. The summed E-state index contributed by atoms with van der Waals surface area (Å²) < 4.78 is 4.71. The molecule has 1 aromatic heterocycles. The number of carbonyl (C=O) groups is 2. The van der Waals surface area contributed by atoms with Gasteiger partial charge in [0.05, 0.1) is 23.4 Å². The maximum absolute atomic E-state index is 12.2. The smallest absolute Gasteiger partial charge is 0.337 e. The molecule has 0 unspecified atom stereocenters. The van der Waals surface area contributed by atoms with Crippen molar-refractivity contribution in [1.82, 2.24) is 10.3 Å². The van der Waals surface area contributed by atoms with Crippen molar-refractivity contribution >= 4 is 34.9 Å². The van der Waals surface area contributed by atoms with E-state index < -0.39 is 5.97 Å². The van der Waals surface area contributed by atoms with Gasteiger partial charge >= 0.3 is 5.97 Å². The van der Waals surface area contributed by atoms with Crippen LogP contribution in [0.2, 0.25) is 5.02 Å². The number of aromatic nitrogens is 1. The molecule has 1 aromatic carbocycles. The Labute approximate surface area is 157 Å². The van der Waals surface area contributed by atoms with Crippen LogP contribution in [0.1, 0.15) is 47.0 Å². The van der Waals surface area contributed by atoms with Crippen molar-refractivity contribution in [2.45, 2.75) is 26.2 Å². The summed E-state index contributed by atoms with van der Waals surface area (Å²) in [6.07, 6.45) is 4.65. The van der Waals surface area contributed by atoms with Crippen LogP contribution in [-0.4, -0.2) is 30.5 Å². The minimum atomic E-state index is -0.452. The Morgan fingerprint density at radius 3 is 2.73 bits per heavy atom. The Balaban J connectivity index is 2.11. The molecule has 1 amide bonds. The molecule has 0 aliphatic heterocycles. The number of halogens is 1. The maximum atomic E-state index is 12.2. The lowest BCUT2D eigenvalue weighted by molar-refractivity contribution is 0.0600. The van der Waals surface area contributed by atoms with Crippen molar-refractivity contribution in [3.8, 4) is 0 Å². The van der Waals surface area contributed by atoms with Gasteiger partial charge in [0.1, 0.15) is 5.69 Å². The second-order valence-corrected chi connectivity index (χ2v) is 6.11. The number of anilines is 2. The Morgan fingerprint density at radius 2 is 2.00 bits per heavy atom. The van der Waals surface area contributed by atoms with Crippen LogP contribution in [0.3, 0.4) is 0 Å². The first kappa shape index (κ1) is 19.7. The number of nitrogens with one attached hydrogen (secondary N) is 2. The number of carbonyl (C=O) groups excluding carboxylic acids is 2. The zero-order valence-electron chi connectivity index (χ0n) is 14.8. The fourth-order valence-corrected chi connectivity index (χ4v) is 2.49. The van der Waals surface area contributed by atoms with E-state index in [0.717, 1.165) is 19.3 Å². The van der Waals surface area contributed by atoms with Crippen molar-refractivity contribution in [3.63, 3.8) is 0 Å². The van der Waals surface area contributed by atoms with Gasteiger partial charge in [0.15, 0.2) is 0 Å². The first-order valence-corrected chi connectivity index (χ1v) is 8.82. The third-order valence-electron chi connectivity index (χ3n) is 3.72. The molecule has 2 rings (SSSR count). The molecule has 0 saturated heterocycles. The molecule has 138 valence electrons. The molecule has 0 saturated carbocycles. The minimum Gasteiger partial charge on any atom is -0.465 e. The van der Waals surface area contributed by atoms with Crippen LogP contribution in [0, 0.1) is 0 Å². The standard InChI is InChI=1S/C19H22ClN3O3/c1-3-4-5-9-22-18(24)17-12-14(8-10-21-17)23-16-11-13(19(25)26-2)6-7-15(16)20/h6-8,10-12H,3-5,9H2,1-2H3,(H,21,23)(H,22,24). The van der Waals surface area contributed by atoms with Crippen LogP contribution in [0.5, 0.6) is 0 Å². The number of amides is 1. The molecule has 7 heteroatoms. The summed E-state index contributed by atoms with van der Waals surface area (Å²) in [5.41, 5.74) is 1.87. The number of nitrogens with zero attached hydrogens (tertiary/aromatic N) is 1. The van der Waals surface area contributed by atoms with Gasteiger partial charge in [-0.25, -0.2) is 4.79 Å². The van der Waals surface area contributed by atoms with Gasteiger partial charge < -0.3 is 15.4 Å². The van der Waals surface area contributed by atoms with Gasteiger partial charge in [0.2, 0.25) is 0 Å². The Bertz CT molecular complexity index is 780. The highest BCUT2D eigenvalue weighted by molar-refractivity contribution is 6.33. The lowest BCUT2D eigenvalue weighted by Crippen LogP contribution is -2.25. The molecule has 0 radical (unpaired) electrons. The van der Waals surface area contributed by atoms with E-state index in [1.54, 1.807) is 36.5 Å². The summed E-state index contributed by atoms with van der Waals surface area (Å²) in [6, 6.07) is 8.14. The molecule has 2 N–H and O–H groups in total. The first-order valence-electron chi connectivity index (χ1n) is 8.44. The first-order chi connectivity index (χ1) is 12.5. The summed E-state index contributed by atoms with van der Waals surface area (Å²) in [5.74, 6) is -0.675. The zero-order chi connectivity index (χ0) is 18.9. The Morgan fingerprint density at radius 1 is 1.19 bits per heavy atom. The van der Waals surface area contributed by atoms with Crippen LogP contribution in [-0.2, 0) is 4.74 Å². The monoisotopic (exact) mass is 375 g/mol. The van der Waals surface area contributed by atoms with Crippen molar-refractivity contribution < 1.29 is 14.3 Å². The number of hydrogen-bond acceptors (Lipinski definition) is 5. The van der Waals surface area contributed by atoms with Crippen molar-refractivity contribution in [1.29, 1.82) is 0 Å². The highest BCUT2D eigenvalue weighted by Gasteiger charge is 2.11. The normalized spacial score (nSPS) is 10.3. The summed E-state index contributed by atoms with van der Waals surface area (Å²) in [6.45, 7) is 2.73. The molecule has 0 aliphatic carbocycles. The van der Waals surface area contributed by atoms with Gasteiger partial charge in [0, 0.05) is 18.4 Å². The number of methoxy groups -OCH3 is 1. The second-order valence-electron chi connectivity index (χ2n) is 5.70. The largest absolute Gasteiger partial charge is 0.465 e. The topological polar surface area (TPSA) is 80.3 Å². The van der Waals surface area contributed by atoms with E-state index in [-0.39, 0.29) is 5.91 Å². The van der Waals surface area contributed by atoms with E-state index in [9.17, 15) is 9.59 Å². The molecule has 0 bridgehead atoms. The fraction of sp³-hybridized carbons (Fsp3) is 0.316. The third-order valence-corrected chi connectivity index (χ3v) is 4.05. The van der Waals surface area contributed by atoms with Gasteiger partial charge in [-0.2, -0.15) is 0 Å². The quantitative estimate of drug-likeness (QED) is 0.534. The van der Waals surface area contributed by atoms with Gasteiger partial charge in [-0.05, 0) is 36.8 Å². The van der Waals surface area contributed by atoms with Crippen LogP contribution in [0.4, 0.5) is 11.4 Å². The SMILES string of the molecule is CCCCCNC(=O)c1cc(Nc2cc(C(=O)OC)ccc2Cl)ccn1. The summed E-state index contributed by atoms with van der Waals surface area (Å²) in [7, 11) is 1.32. The average Bonchev–Trinajstić information content (AvgIpc) is 2.66. The second kappa shape index (κ2) is 9.77. The summed E-state index contributed by atoms with van der Waals surface area (Å²) >= 11 is 6.19. The number of ether oxygens (including phenoxy) is 1. The highest BCUT2D eigenvalue weighted by Crippen LogP contribution is 2.27. The van der Waals surface area contributed by atoms with E-state index in [1.165, 1.54) is 7.11 Å². The number of hydrogen-bond donors (Lipinski definition) is 2. The van der Waals surface area contributed by atoms with Gasteiger partial charge in [-0.1, -0.05) is 31.4 Å². The molecule has 0 spiro atoms. The molecule has 0 aliphatic rings. The molecule has 0 fully saturated rings. The van der Waals surface area contributed by atoms with Gasteiger partial charge in [-0.3, -0.25) is 9.78 Å². The number of benzene rings is 1. The zero-order valence-corrected chi connectivity index (χ0v) is 15.6. The van der Waals surface area contributed by atoms with Crippen molar-refractivity contribution in [2.75, 3.05) is 19.0 Å². The van der Waals surface area contributed by atoms with E-state index >= 15 is 0 Å². The number of esters is 1. The van der Waals surface area contributed by atoms with E-state index in [2.05, 4.69) is 22.5 Å². The van der Waals surface area contributed by atoms with Crippen LogP contribution in [0.15, 0.2) is 36.5 Å². The van der Waals surface area contributed by atoms with E-state index in [4.69, 9.17) is 16.3 Å². The van der Waals surface area contributed by atoms with Gasteiger partial charge in [-0.15, -0.1) is 0 Å². The number of pyridine rings is 1. The Hall–Kier alpha value is -2.60. The van der Waals surface area contributed by atoms with Crippen molar-refractivity contribution in [2.24, 2.45) is 0 Å². The molecule has 26 heavy (non-hydrogen) atoms. The van der Waals surface area contributed by atoms with Crippen LogP contribution >= 0.6 is 11.6 Å². The third kappa shape index (κ3) is 5.46. The van der Waals surface area contributed by atoms with Crippen LogP contribution in [0.25, 0.3) is 0 Å². The molecule has 2 aromatic rings. The van der Waals surface area contributed by atoms with Gasteiger partial charge in [0.25, 0.3) is 5.91 Å². The minimum absolute atomic E-state index is 0.223. The van der Waals surface area contributed by atoms with Crippen molar-refractivity contribution in [3.05, 3.63) is 52.8 Å². The molecular formula is C19H22ClN3O3. The average molecular weight is 376 g/mol. The fourth-order valence-electron chi connectivity index (χ4n) is 2.32. The van der Waals surface area contributed by atoms with E-state index in [0.29, 0.717) is 34.2 Å².